The Morgan fingerprint density at radius 1 is 1.09 bits per heavy atom. The number of nitrogens with zero attached hydrogens (tertiary/aromatic N) is 2. The van der Waals surface area contributed by atoms with Gasteiger partial charge in [-0.15, -0.1) is 0 Å². The van der Waals surface area contributed by atoms with Gasteiger partial charge in [-0.05, 0) is 56.1 Å². The lowest BCUT2D eigenvalue weighted by Crippen LogP contribution is -2.51. The first-order valence-corrected chi connectivity index (χ1v) is 11.9. The number of rotatable bonds is 8. The van der Waals surface area contributed by atoms with Gasteiger partial charge in [-0.2, -0.15) is 5.10 Å². The van der Waals surface area contributed by atoms with E-state index in [0.29, 0.717) is 19.1 Å². The van der Waals surface area contributed by atoms with Crippen molar-refractivity contribution < 1.29 is 23.0 Å². The summed E-state index contributed by atoms with van der Waals surface area (Å²) in [4.78, 5) is 14.4. The van der Waals surface area contributed by atoms with Crippen LogP contribution in [-0.2, 0) is 9.47 Å². The predicted molar refractivity (Wildman–Crippen MR) is 121 cm³/mol. The van der Waals surface area contributed by atoms with Gasteiger partial charge in [-0.3, -0.25) is 5.10 Å². The molecule has 2 fully saturated rings. The molecule has 1 saturated heterocycles. The number of hydrogen-bond acceptors (Lipinski definition) is 4. The molecule has 2 aromatic rings. The van der Waals surface area contributed by atoms with Gasteiger partial charge in [-0.1, -0.05) is 30.3 Å². The van der Waals surface area contributed by atoms with Crippen molar-refractivity contribution in [1.29, 1.82) is 0 Å². The zero-order chi connectivity index (χ0) is 23.0. The normalized spacial score (nSPS) is 25.8. The first kappa shape index (κ1) is 23.7. The topological polar surface area (TPSA) is 67.5 Å². The van der Waals surface area contributed by atoms with E-state index in [4.69, 9.17) is 9.47 Å². The van der Waals surface area contributed by atoms with Gasteiger partial charge in [0.2, 0.25) is 0 Å². The lowest BCUT2D eigenvalue weighted by Gasteiger charge is -2.41. The molecule has 2 atom stereocenters. The first-order chi connectivity index (χ1) is 16.2. The molecule has 0 spiro atoms. The fraction of sp³-hybridized carbons (Fsp3) is 0.600. The second-order valence-corrected chi connectivity index (χ2v) is 9.04. The van der Waals surface area contributed by atoms with E-state index in [1.807, 2.05) is 12.1 Å². The van der Waals surface area contributed by atoms with Gasteiger partial charge in [-0.25, -0.2) is 13.6 Å². The number of carbonyl (C=O) groups excluding carboxylic acids is 1. The molecular formula is C25H33F2N3O3. The van der Waals surface area contributed by atoms with Crippen molar-refractivity contribution >= 4 is 6.09 Å². The summed E-state index contributed by atoms with van der Waals surface area (Å²) in [5, 5.41) is 7.18. The Hall–Kier alpha value is -2.48. The van der Waals surface area contributed by atoms with Crippen molar-refractivity contribution in [3.63, 3.8) is 0 Å². The maximum atomic E-state index is 13.0. The number of amides is 1. The first-order valence-electron chi connectivity index (χ1n) is 11.9. The molecule has 0 radical (unpaired) electrons. The SMILES string of the molecule is O=C(OC(CF)CF)N1CCC[C@H](c2cc[nH]n2)[C@@H]1CO[C@H]1CC[C@@H](c2ccccc2)CC1. The molecule has 1 aliphatic carbocycles. The van der Waals surface area contributed by atoms with E-state index >= 15 is 0 Å². The molecule has 33 heavy (non-hydrogen) atoms. The second-order valence-electron chi connectivity index (χ2n) is 9.04. The molecule has 4 rings (SSSR count). The molecule has 1 saturated carbocycles. The van der Waals surface area contributed by atoms with Gasteiger partial charge in [0, 0.05) is 18.7 Å². The van der Waals surface area contributed by atoms with Crippen LogP contribution in [0.15, 0.2) is 42.6 Å². The number of benzene rings is 1. The Kier molecular flexibility index (Phi) is 8.31. The van der Waals surface area contributed by atoms with Crippen LogP contribution in [0.1, 0.15) is 61.6 Å². The number of ether oxygens (including phenoxy) is 2. The quantitative estimate of drug-likeness (QED) is 0.591. The number of piperidine rings is 1. The van der Waals surface area contributed by atoms with E-state index < -0.39 is 25.5 Å². The van der Waals surface area contributed by atoms with Crippen LogP contribution in [0.5, 0.6) is 0 Å². The fourth-order valence-corrected chi connectivity index (χ4v) is 5.15. The summed E-state index contributed by atoms with van der Waals surface area (Å²) in [7, 11) is 0. The summed E-state index contributed by atoms with van der Waals surface area (Å²) >= 11 is 0. The van der Waals surface area contributed by atoms with Crippen LogP contribution in [-0.4, -0.2) is 65.9 Å². The highest BCUT2D eigenvalue weighted by molar-refractivity contribution is 5.68. The van der Waals surface area contributed by atoms with E-state index in [1.165, 1.54) is 5.56 Å². The number of aromatic nitrogens is 2. The average Bonchev–Trinajstić information content (AvgIpc) is 3.41. The van der Waals surface area contributed by atoms with Crippen molar-refractivity contribution in [3.8, 4) is 0 Å². The van der Waals surface area contributed by atoms with E-state index in [2.05, 4.69) is 34.5 Å². The van der Waals surface area contributed by atoms with Crippen molar-refractivity contribution in [3.05, 3.63) is 53.9 Å². The molecule has 2 heterocycles. The van der Waals surface area contributed by atoms with Gasteiger partial charge in [0.1, 0.15) is 13.3 Å². The summed E-state index contributed by atoms with van der Waals surface area (Å²) in [5.41, 5.74) is 2.24. The lowest BCUT2D eigenvalue weighted by atomic mass is 9.82. The average molecular weight is 462 g/mol. The molecule has 1 aliphatic heterocycles. The molecule has 1 aromatic heterocycles. The number of likely N-dealkylation sites (tertiary alicyclic amines) is 1. The smallest absolute Gasteiger partial charge is 0.410 e. The third kappa shape index (κ3) is 5.91. The number of hydrogen-bond donors (Lipinski definition) is 1. The highest BCUT2D eigenvalue weighted by atomic mass is 19.1. The van der Waals surface area contributed by atoms with Crippen molar-refractivity contribution in [2.45, 2.75) is 68.6 Å². The molecular weight excluding hydrogens is 428 g/mol. The predicted octanol–water partition coefficient (Wildman–Crippen LogP) is 5.14. The Bertz CT molecular complexity index is 840. The van der Waals surface area contributed by atoms with Crippen LogP contribution >= 0.6 is 0 Å². The number of halogens is 2. The number of H-pyrrole nitrogens is 1. The zero-order valence-corrected chi connectivity index (χ0v) is 18.9. The molecule has 0 unspecified atom stereocenters. The van der Waals surface area contributed by atoms with Gasteiger partial charge >= 0.3 is 6.09 Å². The Balaban J connectivity index is 1.39. The van der Waals surface area contributed by atoms with Gasteiger partial charge in [0.15, 0.2) is 6.10 Å². The maximum absolute atomic E-state index is 13.0. The highest BCUT2D eigenvalue weighted by Crippen LogP contribution is 2.36. The van der Waals surface area contributed by atoms with Crippen LogP contribution < -0.4 is 0 Å². The van der Waals surface area contributed by atoms with E-state index in [-0.39, 0.29) is 18.1 Å². The lowest BCUT2D eigenvalue weighted by molar-refractivity contribution is -0.0341. The molecule has 6 nitrogen and oxygen atoms in total. The third-order valence-electron chi connectivity index (χ3n) is 6.98. The molecule has 2 aliphatic rings. The summed E-state index contributed by atoms with van der Waals surface area (Å²) in [6, 6.07) is 12.2. The number of carbonyl (C=O) groups is 1. The van der Waals surface area contributed by atoms with Crippen molar-refractivity contribution in [1.82, 2.24) is 15.1 Å². The molecule has 1 amide bonds. The molecule has 180 valence electrons. The largest absolute Gasteiger partial charge is 0.440 e. The zero-order valence-electron chi connectivity index (χ0n) is 18.9. The van der Waals surface area contributed by atoms with E-state index in [9.17, 15) is 13.6 Å². The van der Waals surface area contributed by atoms with Crippen LogP contribution in [0.3, 0.4) is 0 Å². The number of aromatic amines is 1. The summed E-state index contributed by atoms with van der Waals surface area (Å²) in [6.07, 6.45) is 5.55. The minimum Gasteiger partial charge on any atom is -0.440 e. The van der Waals surface area contributed by atoms with Gasteiger partial charge in [0.25, 0.3) is 0 Å². The highest BCUT2D eigenvalue weighted by Gasteiger charge is 2.38. The molecule has 1 aromatic carbocycles. The monoisotopic (exact) mass is 461 g/mol. The number of alkyl halides is 2. The fourth-order valence-electron chi connectivity index (χ4n) is 5.15. The standard InChI is InChI=1S/C25H33F2N3O3/c26-15-21(16-27)33-25(31)30-14-4-7-22(23-12-13-28-29-23)24(30)17-32-20-10-8-19(9-11-20)18-5-2-1-3-6-18/h1-3,5-6,12-13,19-22,24H,4,7-11,14-17H2,(H,28,29)/t19-,20+,22-,24+/m1/s1. The van der Waals surface area contributed by atoms with Crippen LogP contribution in [0.25, 0.3) is 0 Å². The minimum atomic E-state index is -1.36. The Labute approximate surface area is 193 Å². The Morgan fingerprint density at radius 3 is 2.52 bits per heavy atom. The maximum Gasteiger partial charge on any atom is 0.410 e. The van der Waals surface area contributed by atoms with Crippen LogP contribution in [0.2, 0.25) is 0 Å². The van der Waals surface area contributed by atoms with Crippen LogP contribution in [0.4, 0.5) is 13.6 Å². The third-order valence-corrected chi connectivity index (χ3v) is 6.98. The summed E-state index contributed by atoms with van der Waals surface area (Å²) in [6.45, 7) is -1.25. The summed E-state index contributed by atoms with van der Waals surface area (Å²) < 4.78 is 37.3. The van der Waals surface area contributed by atoms with Crippen LogP contribution in [0, 0.1) is 0 Å². The Morgan fingerprint density at radius 2 is 1.85 bits per heavy atom. The van der Waals surface area contributed by atoms with Crippen molar-refractivity contribution in [2.75, 3.05) is 26.5 Å². The van der Waals surface area contributed by atoms with E-state index in [0.717, 1.165) is 44.2 Å². The number of nitrogens with one attached hydrogen (secondary N) is 1. The van der Waals surface area contributed by atoms with Gasteiger partial charge < -0.3 is 14.4 Å². The van der Waals surface area contributed by atoms with E-state index in [1.54, 1.807) is 11.1 Å². The molecule has 8 heteroatoms. The van der Waals surface area contributed by atoms with Gasteiger partial charge in [0.05, 0.1) is 24.4 Å². The summed E-state index contributed by atoms with van der Waals surface area (Å²) in [5.74, 6) is 0.537. The van der Waals surface area contributed by atoms with Crippen molar-refractivity contribution in [2.24, 2.45) is 0 Å². The molecule has 1 N–H and O–H groups in total. The molecule has 0 bridgehead atoms. The second kappa shape index (κ2) is 11.6. The minimum absolute atomic E-state index is 0.0209.